The van der Waals surface area contributed by atoms with Gasteiger partial charge in [0.1, 0.15) is 0 Å². The summed E-state index contributed by atoms with van der Waals surface area (Å²) in [5, 5.41) is 0. The van der Waals surface area contributed by atoms with E-state index in [1.165, 1.54) is 12.8 Å². The predicted octanol–water partition coefficient (Wildman–Crippen LogP) is 9.31. The zero-order chi connectivity index (χ0) is 37.6. The van der Waals surface area contributed by atoms with Crippen LogP contribution in [0.5, 0.6) is 0 Å². The van der Waals surface area contributed by atoms with E-state index in [9.17, 15) is 0 Å². The van der Waals surface area contributed by atoms with Gasteiger partial charge in [0.2, 0.25) is 0 Å². The van der Waals surface area contributed by atoms with E-state index < -0.39 is 85.1 Å². The Kier molecular flexibility index (Phi) is 18.4. The lowest BCUT2D eigenvalue weighted by Crippen LogP contribution is -2.62. The first-order valence-corrected chi connectivity index (χ1v) is 46.3. The summed E-state index contributed by atoms with van der Waals surface area (Å²) in [5.74, 6) is 0. The Morgan fingerprint density at radius 2 is 0.511 bits per heavy atom. The number of rotatable bonds is 24. The Balaban J connectivity index is 5.47. The Labute approximate surface area is 302 Å². The van der Waals surface area contributed by atoms with Crippen molar-refractivity contribution in [3.05, 3.63) is 0 Å². The molecule has 0 aromatic heterocycles. The standard InChI is InChI=1S/C27H77NO9Si10/c1-22-23-26-38(2,3)29-40(6,7)31-42(10,11)33-44(14,15)35-46(18,19)37-47(20,21)36-45(16,17)34-43(12,13)32-41(8,9)30-39(4,5)27-24-25-28/h22-28H2,1-21H3. The van der Waals surface area contributed by atoms with Gasteiger partial charge in [-0.1, -0.05) is 19.8 Å². The molecule has 0 amide bonds. The fourth-order valence-electron chi connectivity index (χ4n) is 6.87. The molecule has 0 unspecified atom stereocenters. The average Bonchev–Trinajstić information content (AvgIpc) is 2.67. The minimum Gasteiger partial charge on any atom is -0.436 e. The van der Waals surface area contributed by atoms with Crippen molar-refractivity contribution in [3.63, 3.8) is 0 Å². The second-order valence-electron chi connectivity index (χ2n) is 17.6. The zero-order valence-corrected chi connectivity index (χ0v) is 44.5. The Morgan fingerprint density at radius 3 is 0.702 bits per heavy atom. The maximum Gasteiger partial charge on any atom is 0.314 e. The third kappa shape index (κ3) is 23.1. The van der Waals surface area contributed by atoms with E-state index in [2.05, 4.69) is 138 Å². The molecular formula is C27H77NO9Si10. The smallest absolute Gasteiger partial charge is 0.314 e. The van der Waals surface area contributed by atoms with Crippen LogP contribution in [0.2, 0.25) is 143 Å². The van der Waals surface area contributed by atoms with Crippen molar-refractivity contribution in [2.45, 2.75) is 169 Å². The zero-order valence-electron chi connectivity index (χ0n) is 34.5. The van der Waals surface area contributed by atoms with Crippen molar-refractivity contribution in [2.24, 2.45) is 5.73 Å². The van der Waals surface area contributed by atoms with Gasteiger partial charge in [-0.3, -0.25) is 0 Å². The van der Waals surface area contributed by atoms with Gasteiger partial charge in [0.15, 0.2) is 16.6 Å². The molecule has 0 heterocycles. The highest BCUT2D eigenvalue weighted by molar-refractivity contribution is 6.93. The monoisotopic (exact) mass is 839 g/mol. The van der Waals surface area contributed by atoms with Crippen LogP contribution in [0.1, 0.15) is 26.2 Å². The Bertz CT molecular complexity index is 891. The molecule has 47 heavy (non-hydrogen) atoms. The first-order valence-electron chi connectivity index (χ1n) is 17.5. The summed E-state index contributed by atoms with van der Waals surface area (Å²) >= 11 is 0. The molecule has 0 radical (unpaired) electrons. The van der Waals surface area contributed by atoms with Gasteiger partial charge in [-0.2, -0.15) is 0 Å². The van der Waals surface area contributed by atoms with Gasteiger partial charge in [0, 0.05) is 0 Å². The van der Waals surface area contributed by atoms with Crippen LogP contribution in [0.3, 0.4) is 0 Å². The minimum atomic E-state index is -2.67. The van der Waals surface area contributed by atoms with Crippen molar-refractivity contribution in [1.82, 2.24) is 0 Å². The molecule has 20 heteroatoms. The second-order valence-corrected chi connectivity index (χ2v) is 55.4. The topological polar surface area (TPSA) is 109 Å². The average molecular weight is 841 g/mol. The van der Waals surface area contributed by atoms with E-state index in [0.29, 0.717) is 6.54 Å². The van der Waals surface area contributed by atoms with Crippen molar-refractivity contribution in [2.75, 3.05) is 6.54 Å². The molecule has 0 aliphatic carbocycles. The lowest BCUT2D eigenvalue weighted by atomic mass is 10.4. The van der Waals surface area contributed by atoms with Crippen LogP contribution in [0.15, 0.2) is 0 Å². The molecule has 0 fully saturated rings. The van der Waals surface area contributed by atoms with Crippen LogP contribution >= 0.6 is 0 Å². The molecule has 0 aliphatic heterocycles. The summed E-state index contributed by atoms with van der Waals surface area (Å²) in [4.78, 5) is 0. The number of nitrogens with two attached hydrogens (primary N) is 1. The maximum absolute atomic E-state index is 6.80. The van der Waals surface area contributed by atoms with Gasteiger partial charge in [-0.15, -0.1) is 0 Å². The van der Waals surface area contributed by atoms with Crippen molar-refractivity contribution < 1.29 is 37.0 Å². The maximum atomic E-state index is 6.80. The molecule has 0 aliphatic rings. The molecule has 0 saturated heterocycles. The highest BCUT2D eigenvalue weighted by Crippen LogP contribution is 2.31. The highest BCUT2D eigenvalue weighted by atomic mass is 28.5. The first-order chi connectivity index (χ1) is 20.5. The highest BCUT2D eigenvalue weighted by Gasteiger charge is 2.50. The summed E-state index contributed by atoms with van der Waals surface area (Å²) in [6, 6.07) is 2.17. The van der Waals surface area contributed by atoms with E-state index in [-0.39, 0.29) is 0 Å². The Hall–Kier alpha value is 1.77. The second kappa shape index (κ2) is 17.7. The fourth-order valence-corrected chi connectivity index (χ4v) is 58.1. The van der Waals surface area contributed by atoms with Crippen molar-refractivity contribution >= 4 is 85.1 Å². The Morgan fingerprint density at radius 1 is 0.319 bits per heavy atom. The number of unbranched alkanes of at least 4 members (excludes halogenated alkanes) is 1. The molecular weight excluding hydrogens is 763 g/mol. The predicted molar refractivity (Wildman–Crippen MR) is 223 cm³/mol. The molecule has 2 N–H and O–H groups in total. The largest absolute Gasteiger partial charge is 0.436 e. The summed E-state index contributed by atoms with van der Waals surface area (Å²) in [6.45, 7) is 45.7. The molecule has 0 bridgehead atoms. The van der Waals surface area contributed by atoms with E-state index in [0.717, 1.165) is 18.5 Å². The SMILES string of the molecule is CCCC[Si](C)(C)O[Si](C)(C)O[Si](C)(C)O[Si](C)(C)O[Si](C)(C)O[Si](C)(C)O[Si](C)(C)O[Si](C)(C)O[Si](C)(C)O[Si](C)(C)CCCN. The van der Waals surface area contributed by atoms with E-state index in [4.69, 9.17) is 42.8 Å². The summed E-state index contributed by atoms with van der Waals surface area (Å²) in [7, 11) is -24.2. The van der Waals surface area contributed by atoms with Gasteiger partial charge in [-0.25, -0.2) is 0 Å². The molecule has 0 aromatic rings. The molecule has 284 valence electrons. The third-order valence-electron chi connectivity index (χ3n) is 6.60. The van der Waals surface area contributed by atoms with Gasteiger partial charge in [0.05, 0.1) is 0 Å². The van der Waals surface area contributed by atoms with Crippen LogP contribution in [0.4, 0.5) is 0 Å². The lowest BCUT2D eigenvalue weighted by Gasteiger charge is -2.44. The fraction of sp³-hybridized carbons (Fsp3) is 1.00. The third-order valence-corrected chi connectivity index (χ3v) is 45.6. The lowest BCUT2D eigenvalue weighted by molar-refractivity contribution is 0.257. The van der Waals surface area contributed by atoms with Gasteiger partial charge >= 0.3 is 68.5 Å². The number of hydrogen-bond acceptors (Lipinski definition) is 10. The van der Waals surface area contributed by atoms with E-state index in [1.807, 2.05) is 0 Å². The molecule has 10 nitrogen and oxygen atoms in total. The van der Waals surface area contributed by atoms with Gasteiger partial charge < -0.3 is 42.8 Å². The van der Waals surface area contributed by atoms with Gasteiger partial charge in [0.25, 0.3) is 0 Å². The normalized spacial score (nSPS) is 15.4. The molecule has 0 aromatic carbocycles. The van der Waals surface area contributed by atoms with Crippen LogP contribution in [0.25, 0.3) is 0 Å². The first kappa shape index (κ1) is 48.8. The van der Waals surface area contributed by atoms with Crippen molar-refractivity contribution in [1.29, 1.82) is 0 Å². The van der Waals surface area contributed by atoms with Crippen LogP contribution in [-0.4, -0.2) is 91.7 Å². The molecule has 0 rings (SSSR count). The van der Waals surface area contributed by atoms with Crippen molar-refractivity contribution in [3.8, 4) is 0 Å². The van der Waals surface area contributed by atoms with Gasteiger partial charge in [-0.05, 0) is 156 Å². The molecule has 0 atom stereocenters. The molecule has 0 saturated carbocycles. The summed E-state index contributed by atoms with van der Waals surface area (Å²) < 4.78 is 60.7. The van der Waals surface area contributed by atoms with E-state index in [1.54, 1.807) is 0 Å². The van der Waals surface area contributed by atoms with Crippen LogP contribution in [-0.2, 0) is 37.0 Å². The van der Waals surface area contributed by atoms with Crippen LogP contribution < -0.4 is 5.73 Å². The summed E-state index contributed by atoms with van der Waals surface area (Å²) in [5.41, 5.74) is 5.76. The quantitative estimate of drug-likeness (QED) is 0.0946. The van der Waals surface area contributed by atoms with E-state index >= 15 is 0 Å². The minimum absolute atomic E-state index is 0.685. The van der Waals surface area contributed by atoms with Crippen LogP contribution in [0, 0.1) is 0 Å². The number of hydrogen-bond donors (Lipinski definition) is 1. The summed E-state index contributed by atoms with van der Waals surface area (Å²) in [6.07, 6.45) is 3.36. The molecule has 0 spiro atoms.